The van der Waals surface area contributed by atoms with Crippen molar-refractivity contribution in [2.75, 3.05) is 12.3 Å². The first-order valence-corrected chi connectivity index (χ1v) is 8.40. The van der Waals surface area contributed by atoms with Crippen LogP contribution in [0.15, 0.2) is 11.1 Å². The van der Waals surface area contributed by atoms with Gasteiger partial charge in [-0.1, -0.05) is 0 Å². The van der Waals surface area contributed by atoms with Crippen LogP contribution in [0.4, 0.5) is 5.82 Å². The predicted octanol–water partition coefficient (Wildman–Crippen LogP) is 0.392. The molecule has 0 bridgehead atoms. The third-order valence-corrected chi connectivity index (χ3v) is 5.14. The van der Waals surface area contributed by atoms with Crippen molar-refractivity contribution in [1.29, 1.82) is 0 Å². The second-order valence-electron chi connectivity index (χ2n) is 5.07. The van der Waals surface area contributed by atoms with Gasteiger partial charge < -0.3 is 10.5 Å². The zero-order valence-corrected chi connectivity index (χ0v) is 12.6. The third kappa shape index (κ3) is 3.73. The lowest BCUT2D eigenvalue weighted by atomic mass is 9.86. The Kier molecular flexibility index (Phi) is 4.84. The number of nitrogens with zero attached hydrogens (tertiary/aromatic N) is 1. The van der Waals surface area contributed by atoms with Crippen LogP contribution in [0.2, 0.25) is 0 Å². The van der Waals surface area contributed by atoms with Crippen molar-refractivity contribution in [3.8, 4) is 0 Å². The number of aromatic amines is 1. The van der Waals surface area contributed by atoms with E-state index in [1.807, 2.05) is 0 Å². The Balaban J connectivity index is 1.92. The molecule has 0 saturated heterocycles. The van der Waals surface area contributed by atoms with E-state index < -0.39 is 10.0 Å². The van der Waals surface area contributed by atoms with Gasteiger partial charge in [0, 0.05) is 6.04 Å². The van der Waals surface area contributed by atoms with E-state index in [9.17, 15) is 13.2 Å². The number of aromatic nitrogens is 2. The number of hydrogen-bond acceptors (Lipinski definition) is 6. The van der Waals surface area contributed by atoms with E-state index in [0.717, 1.165) is 0 Å². The molecule has 21 heavy (non-hydrogen) atoms. The van der Waals surface area contributed by atoms with Crippen LogP contribution in [0.5, 0.6) is 0 Å². The number of ether oxygens (including phenoxy) is 1. The summed E-state index contributed by atoms with van der Waals surface area (Å²) >= 11 is 0. The van der Waals surface area contributed by atoms with Gasteiger partial charge in [-0.05, 0) is 32.6 Å². The molecule has 1 aromatic heterocycles. The minimum Gasteiger partial charge on any atom is -0.466 e. The number of nitrogens with two attached hydrogens (primary N) is 1. The fraction of sp³-hybridized carbons (Fsp3) is 0.667. The molecule has 118 valence electrons. The Morgan fingerprint density at radius 2 is 2.14 bits per heavy atom. The average molecular weight is 316 g/mol. The van der Waals surface area contributed by atoms with Crippen LogP contribution in [-0.4, -0.2) is 37.2 Å². The van der Waals surface area contributed by atoms with Gasteiger partial charge in [0.15, 0.2) is 0 Å². The Labute approximate surface area is 123 Å². The van der Waals surface area contributed by atoms with Gasteiger partial charge in [-0.15, -0.1) is 0 Å². The highest BCUT2D eigenvalue weighted by Crippen LogP contribution is 2.27. The molecule has 0 atom stereocenters. The number of anilines is 1. The molecule has 0 aliphatic heterocycles. The molecule has 1 aliphatic carbocycles. The molecule has 4 N–H and O–H groups in total. The van der Waals surface area contributed by atoms with Crippen molar-refractivity contribution >= 4 is 21.8 Å². The van der Waals surface area contributed by atoms with E-state index in [0.29, 0.717) is 32.3 Å². The number of hydrogen-bond donors (Lipinski definition) is 3. The van der Waals surface area contributed by atoms with Crippen molar-refractivity contribution in [2.45, 2.75) is 43.5 Å². The van der Waals surface area contributed by atoms with Crippen LogP contribution in [0, 0.1) is 5.92 Å². The van der Waals surface area contributed by atoms with Crippen molar-refractivity contribution in [1.82, 2.24) is 14.9 Å². The highest BCUT2D eigenvalue weighted by Gasteiger charge is 2.30. The smallest absolute Gasteiger partial charge is 0.308 e. The summed E-state index contributed by atoms with van der Waals surface area (Å²) in [7, 11) is -3.68. The zero-order valence-electron chi connectivity index (χ0n) is 11.8. The van der Waals surface area contributed by atoms with Gasteiger partial charge in [-0.2, -0.15) is 5.10 Å². The Morgan fingerprint density at radius 3 is 2.67 bits per heavy atom. The van der Waals surface area contributed by atoms with E-state index in [1.165, 1.54) is 6.20 Å². The maximum atomic E-state index is 12.2. The van der Waals surface area contributed by atoms with Crippen LogP contribution < -0.4 is 10.5 Å². The Bertz CT molecular complexity index is 590. The first-order chi connectivity index (χ1) is 9.94. The van der Waals surface area contributed by atoms with E-state index in [2.05, 4.69) is 14.9 Å². The monoisotopic (exact) mass is 316 g/mol. The van der Waals surface area contributed by atoms with Gasteiger partial charge in [0.05, 0.1) is 18.7 Å². The van der Waals surface area contributed by atoms with Gasteiger partial charge in [-0.25, -0.2) is 13.1 Å². The molecule has 1 saturated carbocycles. The number of rotatable bonds is 5. The third-order valence-electron chi connectivity index (χ3n) is 3.59. The molecule has 8 nitrogen and oxygen atoms in total. The number of carbonyl (C=O) groups is 1. The molecule has 2 rings (SSSR count). The SMILES string of the molecule is CCOC(=O)C1CCC(NS(=O)(=O)c2cn[nH]c2N)CC1. The standard InChI is InChI=1S/C12H20N4O4S/c1-2-20-12(17)8-3-5-9(6-4-8)16-21(18,19)10-7-14-15-11(10)13/h7-9,16H,2-6H2,1H3,(H3,13,14,15). The number of nitrogen functional groups attached to an aromatic ring is 1. The zero-order chi connectivity index (χ0) is 15.5. The highest BCUT2D eigenvalue weighted by atomic mass is 32.2. The molecule has 1 fully saturated rings. The van der Waals surface area contributed by atoms with Crippen molar-refractivity contribution in [3.05, 3.63) is 6.20 Å². The molecule has 0 radical (unpaired) electrons. The maximum Gasteiger partial charge on any atom is 0.308 e. The molecule has 0 spiro atoms. The Hall–Kier alpha value is -1.61. The van der Waals surface area contributed by atoms with Gasteiger partial charge in [-0.3, -0.25) is 9.89 Å². The normalized spacial score (nSPS) is 22.9. The number of H-pyrrole nitrogens is 1. The van der Waals surface area contributed by atoms with Crippen molar-refractivity contribution in [2.24, 2.45) is 5.92 Å². The van der Waals surface area contributed by atoms with E-state index in [4.69, 9.17) is 10.5 Å². The average Bonchev–Trinajstić information content (AvgIpc) is 2.86. The van der Waals surface area contributed by atoms with Crippen LogP contribution in [0.3, 0.4) is 0 Å². The van der Waals surface area contributed by atoms with Crippen LogP contribution in [-0.2, 0) is 19.6 Å². The second kappa shape index (κ2) is 6.44. The van der Waals surface area contributed by atoms with Crippen LogP contribution in [0.1, 0.15) is 32.6 Å². The lowest BCUT2D eigenvalue weighted by Crippen LogP contribution is -2.39. The summed E-state index contributed by atoms with van der Waals surface area (Å²) in [5.41, 5.74) is 5.53. The Morgan fingerprint density at radius 1 is 1.48 bits per heavy atom. The summed E-state index contributed by atoms with van der Waals surface area (Å²) in [6.45, 7) is 2.14. The fourth-order valence-electron chi connectivity index (χ4n) is 2.49. The maximum absolute atomic E-state index is 12.2. The van der Waals surface area contributed by atoms with Gasteiger partial charge in [0.2, 0.25) is 10.0 Å². The minimum atomic E-state index is -3.68. The largest absolute Gasteiger partial charge is 0.466 e. The summed E-state index contributed by atoms with van der Waals surface area (Å²) in [4.78, 5) is 11.6. The summed E-state index contributed by atoms with van der Waals surface area (Å²) in [5, 5.41) is 6.00. The topological polar surface area (TPSA) is 127 Å². The van der Waals surface area contributed by atoms with Crippen molar-refractivity contribution in [3.63, 3.8) is 0 Å². The minimum absolute atomic E-state index is 0.0164. The van der Waals surface area contributed by atoms with Crippen LogP contribution >= 0.6 is 0 Å². The molecule has 1 aliphatic rings. The highest BCUT2D eigenvalue weighted by molar-refractivity contribution is 7.89. The van der Waals surface area contributed by atoms with Gasteiger partial charge in [0.1, 0.15) is 10.7 Å². The molecular formula is C12H20N4O4S. The summed E-state index contributed by atoms with van der Waals surface area (Å²) in [5.74, 6) is -0.315. The molecule has 0 unspecified atom stereocenters. The molecule has 9 heteroatoms. The summed E-state index contributed by atoms with van der Waals surface area (Å²) in [6.07, 6.45) is 3.61. The summed E-state index contributed by atoms with van der Waals surface area (Å²) in [6, 6.07) is -0.199. The molecule has 0 amide bonds. The molecule has 1 aromatic rings. The first-order valence-electron chi connectivity index (χ1n) is 6.92. The first kappa shape index (κ1) is 15.8. The summed E-state index contributed by atoms with van der Waals surface area (Å²) < 4.78 is 31.9. The van der Waals surface area contributed by atoms with Gasteiger partial charge in [0.25, 0.3) is 0 Å². The number of carbonyl (C=O) groups excluding carboxylic acids is 1. The van der Waals surface area contributed by atoms with Crippen LogP contribution in [0.25, 0.3) is 0 Å². The number of nitrogens with one attached hydrogen (secondary N) is 2. The van der Waals surface area contributed by atoms with Gasteiger partial charge >= 0.3 is 5.97 Å². The fourth-order valence-corrected chi connectivity index (χ4v) is 3.82. The lowest BCUT2D eigenvalue weighted by molar-refractivity contribution is -0.149. The number of sulfonamides is 1. The molecule has 1 heterocycles. The quantitative estimate of drug-likeness (QED) is 0.674. The van der Waals surface area contributed by atoms with E-state index >= 15 is 0 Å². The van der Waals surface area contributed by atoms with E-state index in [-0.39, 0.29) is 28.6 Å². The molecular weight excluding hydrogens is 296 g/mol. The predicted molar refractivity (Wildman–Crippen MR) is 75.7 cm³/mol. The number of esters is 1. The van der Waals surface area contributed by atoms with E-state index in [1.54, 1.807) is 6.92 Å². The second-order valence-corrected chi connectivity index (χ2v) is 6.75. The molecule has 0 aromatic carbocycles. The van der Waals surface area contributed by atoms with Crippen molar-refractivity contribution < 1.29 is 17.9 Å². The lowest BCUT2D eigenvalue weighted by Gasteiger charge is -2.27.